The van der Waals surface area contributed by atoms with Gasteiger partial charge in [-0.25, -0.2) is 0 Å². The largest absolute Gasteiger partial charge is 0.493 e. The van der Waals surface area contributed by atoms with Crippen LogP contribution in [0.3, 0.4) is 0 Å². The third-order valence-electron chi connectivity index (χ3n) is 1.71. The van der Waals surface area contributed by atoms with Crippen LogP contribution >= 0.6 is 34.7 Å². The van der Waals surface area contributed by atoms with Crippen molar-refractivity contribution in [2.45, 2.75) is 4.34 Å². The third-order valence-corrected chi connectivity index (χ3v) is 3.77. The maximum Gasteiger partial charge on any atom is 0.174 e. The monoisotopic (exact) mass is 272 g/mol. The number of ether oxygens (including phenoxy) is 1. The van der Waals surface area contributed by atoms with Crippen LogP contribution in [0.25, 0.3) is 0 Å². The molecule has 0 bridgehead atoms. The van der Waals surface area contributed by atoms with E-state index in [4.69, 9.17) is 16.3 Å². The minimum Gasteiger partial charge on any atom is -0.493 e. The van der Waals surface area contributed by atoms with Gasteiger partial charge >= 0.3 is 0 Å². The molecule has 0 N–H and O–H groups in total. The van der Waals surface area contributed by atoms with Gasteiger partial charge in [0.15, 0.2) is 4.34 Å². The second kappa shape index (κ2) is 6.08. The van der Waals surface area contributed by atoms with Gasteiger partial charge in [-0.3, -0.25) is 0 Å². The van der Waals surface area contributed by atoms with Crippen LogP contribution in [-0.4, -0.2) is 22.6 Å². The van der Waals surface area contributed by atoms with Crippen LogP contribution < -0.4 is 4.74 Å². The molecule has 0 unspecified atom stereocenters. The molecule has 0 spiro atoms. The second-order valence-corrected chi connectivity index (χ2v) is 5.47. The highest BCUT2D eigenvalue weighted by molar-refractivity contribution is 8.01. The van der Waals surface area contributed by atoms with E-state index in [9.17, 15) is 0 Å². The number of thioether (sulfide) groups is 1. The first-order valence-corrected chi connectivity index (χ1v) is 6.86. The van der Waals surface area contributed by atoms with Crippen molar-refractivity contribution in [1.29, 1.82) is 0 Å². The molecule has 0 amide bonds. The number of hydrogen-bond acceptors (Lipinski definition) is 5. The van der Waals surface area contributed by atoms with E-state index in [0.717, 1.165) is 15.8 Å². The molecule has 1 aromatic carbocycles. The first kappa shape index (κ1) is 11.7. The van der Waals surface area contributed by atoms with Crippen molar-refractivity contribution in [3.8, 4) is 5.75 Å². The summed E-state index contributed by atoms with van der Waals surface area (Å²) in [6.07, 6.45) is 0. The van der Waals surface area contributed by atoms with E-state index in [2.05, 4.69) is 10.2 Å². The van der Waals surface area contributed by atoms with E-state index in [1.165, 1.54) is 11.3 Å². The molecule has 0 radical (unpaired) electrons. The topological polar surface area (TPSA) is 35.0 Å². The molecular weight excluding hydrogens is 264 g/mol. The molecule has 0 saturated carbocycles. The van der Waals surface area contributed by atoms with Crippen LogP contribution in [0, 0.1) is 0 Å². The highest BCUT2D eigenvalue weighted by Crippen LogP contribution is 2.20. The van der Waals surface area contributed by atoms with Crippen LogP contribution in [0.15, 0.2) is 34.1 Å². The quantitative estimate of drug-likeness (QED) is 0.618. The summed E-state index contributed by atoms with van der Waals surface area (Å²) in [5.41, 5.74) is 1.72. The zero-order chi connectivity index (χ0) is 11.2. The van der Waals surface area contributed by atoms with Gasteiger partial charge in [0.25, 0.3) is 0 Å². The van der Waals surface area contributed by atoms with Crippen LogP contribution in [0.5, 0.6) is 5.75 Å². The first-order chi connectivity index (χ1) is 7.84. The highest BCUT2D eigenvalue weighted by atomic mass is 35.5. The number of rotatable bonds is 5. The van der Waals surface area contributed by atoms with Crippen molar-refractivity contribution < 1.29 is 4.74 Å². The number of halogens is 1. The highest BCUT2D eigenvalue weighted by Gasteiger charge is 1.98. The number of aromatic nitrogens is 2. The van der Waals surface area contributed by atoms with Gasteiger partial charge in [-0.15, -0.1) is 10.2 Å². The molecule has 3 nitrogen and oxygen atoms in total. The normalized spacial score (nSPS) is 10.3. The lowest BCUT2D eigenvalue weighted by molar-refractivity contribution is 0.344. The summed E-state index contributed by atoms with van der Waals surface area (Å²) in [7, 11) is 0. The predicted molar refractivity (Wildman–Crippen MR) is 67.6 cm³/mol. The maximum atomic E-state index is 5.84. The van der Waals surface area contributed by atoms with E-state index in [0.29, 0.717) is 11.6 Å². The van der Waals surface area contributed by atoms with Crippen LogP contribution in [0.2, 0.25) is 5.02 Å². The Labute approximate surface area is 107 Å². The Kier molecular flexibility index (Phi) is 4.44. The molecule has 0 saturated heterocycles. The van der Waals surface area contributed by atoms with Gasteiger partial charge < -0.3 is 4.74 Å². The summed E-state index contributed by atoms with van der Waals surface area (Å²) in [6, 6.07) is 7.39. The fraction of sp³-hybridized carbons (Fsp3) is 0.200. The van der Waals surface area contributed by atoms with Gasteiger partial charge in [0.2, 0.25) is 0 Å². The standard InChI is InChI=1S/C10H9ClN2OS2/c11-8-2-1-3-9(6-8)14-4-5-15-10-13-12-7-16-10/h1-3,6-7H,4-5H2. The van der Waals surface area contributed by atoms with E-state index in [1.54, 1.807) is 23.3 Å². The Morgan fingerprint density at radius 1 is 1.44 bits per heavy atom. The van der Waals surface area contributed by atoms with Gasteiger partial charge in [0.05, 0.1) is 6.61 Å². The third kappa shape index (κ3) is 3.66. The van der Waals surface area contributed by atoms with Gasteiger partial charge in [0, 0.05) is 10.8 Å². The van der Waals surface area contributed by atoms with Gasteiger partial charge in [0.1, 0.15) is 11.3 Å². The number of benzene rings is 1. The smallest absolute Gasteiger partial charge is 0.174 e. The zero-order valence-electron chi connectivity index (χ0n) is 8.30. The summed E-state index contributed by atoms with van der Waals surface area (Å²) in [6.45, 7) is 0.630. The fourth-order valence-electron chi connectivity index (χ4n) is 1.07. The van der Waals surface area contributed by atoms with Crippen molar-refractivity contribution in [2.75, 3.05) is 12.4 Å². The summed E-state index contributed by atoms with van der Waals surface area (Å²) in [4.78, 5) is 0. The van der Waals surface area contributed by atoms with E-state index in [-0.39, 0.29) is 0 Å². The van der Waals surface area contributed by atoms with Gasteiger partial charge in [-0.05, 0) is 18.2 Å². The van der Waals surface area contributed by atoms with Crippen LogP contribution in [0.4, 0.5) is 0 Å². The second-order valence-electron chi connectivity index (χ2n) is 2.86. The Hall–Kier alpha value is -0.780. The average molecular weight is 273 g/mol. The minimum atomic E-state index is 0.630. The Balaban J connectivity index is 1.72. The minimum absolute atomic E-state index is 0.630. The summed E-state index contributed by atoms with van der Waals surface area (Å²) in [5, 5.41) is 8.38. The molecule has 6 heteroatoms. The van der Waals surface area contributed by atoms with E-state index in [1.807, 2.05) is 18.2 Å². The van der Waals surface area contributed by atoms with Gasteiger partial charge in [-0.2, -0.15) is 0 Å². The molecule has 2 aromatic rings. The maximum absolute atomic E-state index is 5.84. The van der Waals surface area contributed by atoms with Crippen molar-refractivity contribution in [1.82, 2.24) is 10.2 Å². The van der Waals surface area contributed by atoms with Gasteiger partial charge in [-0.1, -0.05) is 40.8 Å². The van der Waals surface area contributed by atoms with Crippen molar-refractivity contribution in [3.05, 3.63) is 34.8 Å². The lowest BCUT2D eigenvalue weighted by atomic mass is 10.3. The predicted octanol–water partition coefficient (Wildman–Crippen LogP) is 3.36. The van der Waals surface area contributed by atoms with Crippen LogP contribution in [-0.2, 0) is 0 Å². The van der Waals surface area contributed by atoms with Crippen LogP contribution in [0.1, 0.15) is 0 Å². The van der Waals surface area contributed by atoms with Crippen molar-refractivity contribution in [3.63, 3.8) is 0 Å². The zero-order valence-corrected chi connectivity index (χ0v) is 10.7. The molecule has 0 aliphatic heterocycles. The SMILES string of the molecule is Clc1cccc(OCCSc2nncs2)c1. The molecular formula is C10H9ClN2OS2. The fourth-order valence-corrected chi connectivity index (χ4v) is 2.63. The lowest BCUT2D eigenvalue weighted by Crippen LogP contribution is -1.99. The molecule has 1 heterocycles. The van der Waals surface area contributed by atoms with Crippen molar-refractivity contribution >= 4 is 34.7 Å². The molecule has 2 rings (SSSR count). The molecule has 16 heavy (non-hydrogen) atoms. The lowest BCUT2D eigenvalue weighted by Gasteiger charge is -2.04. The summed E-state index contributed by atoms with van der Waals surface area (Å²) in [5.74, 6) is 1.65. The average Bonchev–Trinajstić information content (AvgIpc) is 2.77. The number of hydrogen-bond donors (Lipinski definition) is 0. The van der Waals surface area contributed by atoms with E-state index < -0.39 is 0 Å². The summed E-state index contributed by atoms with van der Waals surface area (Å²) >= 11 is 9.01. The Morgan fingerprint density at radius 3 is 3.12 bits per heavy atom. The summed E-state index contributed by atoms with van der Waals surface area (Å²) < 4.78 is 6.50. The molecule has 1 aromatic heterocycles. The molecule has 0 atom stereocenters. The Bertz CT molecular complexity index is 436. The molecule has 84 valence electrons. The first-order valence-electron chi connectivity index (χ1n) is 4.62. The van der Waals surface area contributed by atoms with E-state index >= 15 is 0 Å². The van der Waals surface area contributed by atoms with Crippen molar-refractivity contribution in [2.24, 2.45) is 0 Å². The molecule has 0 fully saturated rings. The number of nitrogens with zero attached hydrogens (tertiary/aromatic N) is 2. The Morgan fingerprint density at radius 2 is 2.38 bits per heavy atom. The molecule has 0 aliphatic rings. The molecule has 0 aliphatic carbocycles.